The minimum absolute atomic E-state index is 0.594. The number of aromatic nitrogens is 2. The highest BCUT2D eigenvalue weighted by molar-refractivity contribution is 5.03. The molecule has 0 radical (unpaired) electrons. The van der Waals surface area contributed by atoms with Crippen LogP contribution in [0.15, 0.2) is 12.4 Å². The van der Waals surface area contributed by atoms with Crippen LogP contribution in [-0.4, -0.2) is 70.2 Å². The zero-order valence-corrected chi connectivity index (χ0v) is 13.0. The first-order chi connectivity index (χ1) is 10.4. The van der Waals surface area contributed by atoms with Crippen LogP contribution in [0.3, 0.4) is 0 Å². The Morgan fingerprint density at radius 1 is 1.00 bits per heavy atom. The lowest BCUT2D eigenvalue weighted by Crippen LogP contribution is -2.18. The van der Waals surface area contributed by atoms with Gasteiger partial charge >= 0.3 is 0 Å². The van der Waals surface area contributed by atoms with E-state index in [0.29, 0.717) is 39.6 Å². The summed E-state index contributed by atoms with van der Waals surface area (Å²) in [4.78, 5) is 0. The van der Waals surface area contributed by atoms with Gasteiger partial charge in [-0.05, 0) is 0 Å². The summed E-state index contributed by atoms with van der Waals surface area (Å²) < 4.78 is 22.5. The van der Waals surface area contributed by atoms with Crippen LogP contribution in [0.4, 0.5) is 0 Å². The highest BCUT2D eigenvalue weighted by Gasteiger charge is 1.98. The Hall–Kier alpha value is -0.990. The lowest BCUT2D eigenvalue weighted by Gasteiger charge is -2.05. The van der Waals surface area contributed by atoms with Gasteiger partial charge in [0.25, 0.3) is 0 Å². The van der Waals surface area contributed by atoms with E-state index in [9.17, 15) is 0 Å². The molecule has 0 aliphatic rings. The van der Waals surface area contributed by atoms with Gasteiger partial charge in [-0.2, -0.15) is 5.10 Å². The number of nitrogens with one attached hydrogen (secondary N) is 1. The number of hydrogen-bond acceptors (Lipinski definition) is 6. The Balaban J connectivity index is 1.98. The molecule has 1 aromatic rings. The summed E-state index contributed by atoms with van der Waals surface area (Å²) in [6.07, 6.45) is 3.89. The maximum atomic E-state index is 5.48. The first kappa shape index (κ1) is 18.1. The normalized spacial score (nSPS) is 11.1. The molecule has 0 saturated carbocycles. The second-order valence-corrected chi connectivity index (χ2v) is 4.50. The van der Waals surface area contributed by atoms with Crippen molar-refractivity contribution < 1.29 is 18.9 Å². The molecule has 21 heavy (non-hydrogen) atoms. The van der Waals surface area contributed by atoms with Crippen LogP contribution >= 0.6 is 0 Å². The molecule has 7 nitrogen and oxygen atoms in total. The maximum Gasteiger partial charge on any atom is 0.0701 e. The minimum atomic E-state index is 0.594. The monoisotopic (exact) mass is 301 g/mol. The van der Waals surface area contributed by atoms with Crippen molar-refractivity contribution in [2.75, 3.05) is 60.4 Å². The summed E-state index contributed by atoms with van der Waals surface area (Å²) in [5, 5.41) is 7.57. The van der Waals surface area contributed by atoms with E-state index in [1.54, 1.807) is 14.2 Å². The van der Waals surface area contributed by atoms with Crippen LogP contribution in [0, 0.1) is 0 Å². The molecule has 7 heteroatoms. The largest absolute Gasteiger partial charge is 0.383 e. The van der Waals surface area contributed by atoms with Gasteiger partial charge in [-0.15, -0.1) is 0 Å². The van der Waals surface area contributed by atoms with Gasteiger partial charge in [0, 0.05) is 39.1 Å². The second-order valence-electron chi connectivity index (χ2n) is 4.50. The van der Waals surface area contributed by atoms with Crippen LogP contribution in [-0.2, 0) is 32.0 Å². The fourth-order valence-electron chi connectivity index (χ4n) is 1.65. The van der Waals surface area contributed by atoms with Crippen molar-refractivity contribution in [3.8, 4) is 0 Å². The van der Waals surface area contributed by atoms with E-state index in [4.69, 9.17) is 18.9 Å². The zero-order chi connectivity index (χ0) is 15.2. The predicted molar refractivity (Wildman–Crippen MR) is 79.3 cm³/mol. The smallest absolute Gasteiger partial charge is 0.0701 e. The van der Waals surface area contributed by atoms with Crippen LogP contribution in [0.1, 0.15) is 5.56 Å². The molecular formula is C14H27N3O4. The zero-order valence-electron chi connectivity index (χ0n) is 13.0. The van der Waals surface area contributed by atoms with E-state index in [1.165, 1.54) is 0 Å². The average molecular weight is 301 g/mol. The van der Waals surface area contributed by atoms with Crippen molar-refractivity contribution >= 4 is 0 Å². The van der Waals surface area contributed by atoms with Crippen LogP contribution in [0.2, 0.25) is 0 Å². The Morgan fingerprint density at radius 3 is 2.48 bits per heavy atom. The first-order valence-electron chi connectivity index (χ1n) is 7.22. The summed E-state index contributed by atoms with van der Waals surface area (Å²) in [6.45, 7) is 6.16. The van der Waals surface area contributed by atoms with E-state index in [0.717, 1.165) is 25.2 Å². The molecule has 0 atom stereocenters. The van der Waals surface area contributed by atoms with Gasteiger partial charge in [-0.25, -0.2) is 0 Å². The Kier molecular flexibility index (Phi) is 10.9. The Morgan fingerprint density at radius 2 is 1.71 bits per heavy atom. The SMILES string of the molecule is COCCNCc1cnn(CCOCCOCCOC)c1. The van der Waals surface area contributed by atoms with E-state index < -0.39 is 0 Å². The Bertz CT molecular complexity index is 347. The molecule has 0 saturated heterocycles. The van der Waals surface area contributed by atoms with E-state index in [1.807, 2.05) is 17.1 Å². The summed E-state index contributed by atoms with van der Waals surface area (Å²) in [7, 11) is 3.35. The minimum Gasteiger partial charge on any atom is -0.383 e. The average Bonchev–Trinajstić information content (AvgIpc) is 2.94. The molecule has 1 aromatic heterocycles. The van der Waals surface area contributed by atoms with Crippen molar-refractivity contribution in [1.29, 1.82) is 0 Å². The molecule has 0 amide bonds. The summed E-state index contributed by atoms with van der Waals surface area (Å²) in [5.41, 5.74) is 1.16. The van der Waals surface area contributed by atoms with Crippen molar-refractivity contribution in [2.24, 2.45) is 0 Å². The Labute approximate surface area is 126 Å². The topological polar surface area (TPSA) is 66.8 Å². The standard InChI is InChI=1S/C14H27N3O4/c1-18-5-3-15-11-14-12-16-17(13-14)4-6-20-9-10-21-8-7-19-2/h12-13,15H,3-11H2,1-2H3. The van der Waals surface area contributed by atoms with Crippen molar-refractivity contribution in [2.45, 2.75) is 13.1 Å². The van der Waals surface area contributed by atoms with Crippen LogP contribution in [0.5, 0.6) is 0 Å². The fourth-order valence-corrected chi connectivity index (χ4v) is 1.65. The number of ether oxygens (including phenoxy) is 4. The number of hydrogen-bond donors (Lipinski definition) is 1. The van der Waals surface area contributed by atoms with Crippen molar-refractivity contribution in [3.05, 3.63) is 18.0 Å². The number of methoxy groups -OCH3 is 2. The predicted octanol–water partition coefficient (Wildman–Crippen LogP) is 0.299. The van der Waals surface area contributed by atoms with Gasteiger partial charge in [0.15, 0.2) is 0 Å². The highest BCUT2D eigenvalue weighted by atomic mass is 16.5. The van der Waals surface area contributed by atoms with Gasteiger partial charge in [0.1, 0.15) is 0 Å². The van der Waals surface area contributed by atoms with Gasteiger partial charge in [-0.1, -0.05) is 0 Å². The van der Waals surface area contributed by atoms with Crippen LogP contribution < -0.4 is 5.32 Å². The summed E-state index contributed by atoms with van der Waals surface area (Å²) in [6, 6.07) is 0. The van der Waals surface area contributed by atoms with Gasteiger partial charge in [-0.3, -0.25) is 4.68 Å². The molecule has 0 aliphatic carbocycles. The molecule has 0 bridgehead atoms. The molecule has 0 spiro atoms. The molecule has 122 valence electrons. The van der Waals surface area contributed by atoms with E-state index >= 15 is 0 Å². The van der Waals surface area contributed by atoms with Gasteiger partial charge < -0.3 is 24.3 Å². The fraction of sp³-hybridized carbons (Fsp3) is 0.786. The number of nitrogens with zero attached hydrogens (tertiary/aromatic N) is 2. The maximum absolute atomic E-state index is 5.48. The lowest BCUT2D eigenvalue weighted by atomic mass is 10.3. The highest BCUT2D eigenvalue weighted by Crippen LogP contribution is 1.97. The molecule has 1 N–H and O–H groups in total. The molecule has 1 rings (SSSR count). The van der Waals surface area contributed by atoms with E-state index in [-0.39, 0.29) is 0 Å². The molecule has 0 aliphatic heterocycles. The number of rotatable bonds is 14. The molecule has 0 aromatic carbocycles. The third-order valence-electron chi connectivity index (χ3n) is 2.77. The van der Waals surface area contributed by atoms with Crippen molar-refractivity contribution in [1.82, 2.24) is 15.1 Å². The third kappa shape index (κ3) is 9.54. The van der Waals surface area contributed by atoms with Gasteiger partial charge in [0.05, 0.1) is 52.4 Å². The summed E-state index contributed by atoms with van der Waals surface area (Å²) >= 11 is 0. The van der Waals surface area contributed by atoms with Gasteiger partial charge in [0.2, 0.25) is 0 Å². The third-order valence-corrected chi connectivity index (χ3v) is 2.77. The molecule has 0 fully saturated rings. The molecule has 0 unspecified atom stereocenters. The first-order valence-corrected chi connectivity index (χ1v) is 7.22. The quantitative estimate of drug-likeness (QED) is 0.499. The molecule has 1 heterocycles. The van der Waals surface area contributed by atoms with Crippen molar-refractivity contribution in [3.63, 3.8) is 0 Å². The molecular weight excluding hydrogens is 274 g/mol. The second kappa shape index (κ2) is 12.7. The van der Waals surface area contributed by atoms with E-state index in [2.05, 4.69) is 10.4 Å². The summed E-state index contributed by atoms with van der Waals surface area (Å²) in [5.74, 6) is 0. The van der Waals surface area contributed by atoms with Crippen LogP contribution in [0.25, 0.3) is 0 Å². The lowest BCUT2D eigenvalue weighted by molar-refractivity contribution is 0.0225.